The highest BCUT2D eigenvalue weighted by Crippen LogP contribution is 2.49. The van der Waals surface area contributed by atoms with Crippen LogP contribution < -0.4 is 5.32 Å². The molecule has 4 atom stereocenters. The number of furan rings is 1. The maximum absolute atomic E-state index is 12.1. The molecule has 7 heteroatoms. The highest BCUT2D eigenvalue weighted by Gasteiger charge is 2.42. The fourth-order valence-electron chi connectivity index (χ4n) is 4.49. The quantitative estimate of drug-likeness (QED) is 0.775. The Morgan fingerprint density at radius 1 is 1.42 bits per heavy atom. The molecule has 0 aliphatic heterocycles. The van der Waals surface area contributed by atoms with Crippen LogP contribution in [0.2, 0.25) is 0 Å². The van der Waals surface area contributed by atoms with Gasteiger partial charge in [0.1, 0.15) is 11.4 Å². The van der Waals surface area contributed by atoms with Gasteiger partial charge in [0, 0.05) is 12.1 Å². The van der Waals surface area contributed by atoms with E-state index in [2.05, 4.69) is 22.4 Å². The molecule has 2 aliphatic carbocycles. The second-order valence-electron chi connectivity index (χ2n) is 7.42. The summed E-state index contributed by atoms with van der Waals surface area (Å²) in [5.41, 5.74) is 0.696. The standard InChI is InChI=1S/C19H23N3O4/c1-11(14-8-12-4-5-13(14)7-12)20-18(23)10-26-19(24)16-9-15(21-22-16)17-3-2-6-25-17/h2-3,6,9,11-14H,4-5,7-8,10H2,1H3,(H,20,23)(H,21,22)/t11-,12+,13+,14-/m1/s1. The molecule has 4 rings (SSSR count). The average Bonchev–Trinajstić information content (AvgIpc) is 3.42. The van der Waals surface area contributed by atoms with Gasteiger partial charge in [-0.05, 0) is 56.1 Å². The topological polar surface area (TPSA) is 97.2 Å². The molecular weight excluding hydrogens is 334 g/mol. The lowest BCUT2D eigenvalue weighted by Gasteiger charge is -2.28. The molecule has 2 fully saturated rings. The van der Waals surface area contributed by atoms with Gasteiger partial charge in [0.2, 0.25) is 0 Å². The van der Waals surface area contributed by atoms with E-state index in [1.54, 1.807) is 12.1 Å². The Labute approximate surface area is 151 Å². The number of carbonyl (C=O) groups excluding carboxylic acids is 2. The van der Waals surface area contributed by atoms with Crippen LogP contribution in [0, 0.1) is 17.8 Å². The summed E-state index contributed by atoms with van der Waals surface area (Å²) in [6.07, 6.45) is 6.66. The summed E-state index contributed by atoms with van der Waals surface area (Å²) in [4.78, 5) is 24.2. The van der Waals surface area contributed by atoms with E-state index in [0.29, 0.717) is 17.4 Å². The average molecular weight is 357 g/mol. The van der Waals surface area contributed by atoms with Gasteiger partial charge in [-0.15, -0.1) is 0 Å². The van der Waals surface area contributed by atoms with Crippen LogP contribution in [-0.2, 0) is 9.53 Å². The van der Waals surface area contributed by atoms with Crippen LogP contribution in [0.4, 0.5) is 0 Å². The van der Waals surface area contributed by atoms with Crippen molar-refractivity contribution in [3.8, 4) is 11.5 Å². The Morgan fingerprint density at radius 2 is 2.31 bits per heavy atom. The van der Waals surface area contributed by atoms with Gasteiger partial charge in [-0.25, -0.2) is 4.79 Å². The molecule has 2 aliphatic rings. The Balaban J connectivity index is 1.26. The Morgan fingerprint density at radius 3 is 3.00 bits per heavy atom. The molecule has 0 aromatic carbocycles. The zero-order valence-electron chi connectivity index (χ0n) is 14.7. The predicted molar refractivity (Wildman–Crippen MR) is 93.1 cm³/mol. The van der Waals surface area contributed by atoms with E-state index < -0.39 is 5.97 Å². The lowest BCUT2D eigenvalue weighted by atomic mass is 9.84. The summed E-state index contributed by atoms with van der Waals surface area (Å²) in [5, 5.41) is 9.60. The van der Waals surface area contributed by atoms with Crippen molar-refractivity contribution >= 4 is 11.9 Å². The molecule has 26 heavy (non-hydrogen) atoms. The van der Waals surface area contributed by atoms with Crippen LogP contribution in [-0.4, -0.2) is 34.7 Å². The maximum Gasteiger partial charge on any atom is 0.356 e. The molecule has 0 unspecified atom stereocenters. The Kier molecular flexibility index (Phi) is 4.53. The van der Waals surface area contributed by atoms with Crippen LogP contribution in [0.3, 0.4) is 0 Å². The van der Waals surface area contributed by atoms with Gasteiger partial charge in [0.25, 0.3) is 5.91 Å². The first-order chi connectivity index (χ1) is 12.6. The van der Waals surface area contributed by atoms with Crippen molar-refractivity contribution in [3.63, 3.8) is 0 Å². The van der Waals surface area contributed by atoms with Gasteiger partial charge in [0.15, 0.2) is 12.4 Å². The van der Waals surface area contributed by atoms with Gasteiger partial charge in [0.05, 0.1) is 6.26 Å². The summed E-state index contributed by atoms with van der Waals surface area (Å²) >= 11 is 0. The number of H-pyrrole nitrogens is 1. The minimum atomic E-state index is -0.613. The van der Waals surface area contributed by atoms with E-state index in [9.17, 15) is 9.59 Å². The van der Waals surface area contributed by atoms with E-state index >= 15 is 0 Å². The Bertz CT molecular complexity index is 783. The minimum absolute atomic E-state index is 0.120. The number of amides is 1. The van der Waals surface area contributed by atoms with Gasteiger partial charge >= 0.3 is 5.97 Å². The summed E-state index contributed by atoms with van der Waals surface area (Å²) in [7, 11) is 0. The number of aromatic nitrogens is 2. The molecule has 138 valence electrons. The van der Waals surface area contributed by atoms with Crippen molar-refractivity contribution in [1.82, 2.24) is 15.5 Å². The fraction of sp³-hybridized carbons (Fsp3) is 0.526. The molecule has 0 saturated heterocycles. The summed E-state index contributed by atoms with van der Waals surface area (Å²) < 4.78 is 10.3. The van der Waals surface area contributed by atoms with E-state index in [4.69, 9.17) is 9.15 Å². The first-order valence-electron chi connectivity index (χ1n) is 9.16. The zero-order valence-corrected chi connectivity index (χ0v) is 14.7. The lowest BCUT2D eigenvalue weighted by Crippen LogP contribution is -2.42. The van der Waals surface area contributed by atoms with Crippen molar-refractivity contribution in [2.75, 3.05) is 6.61 Å². The van der Waals surface area contributed by atoms with Crippen LogP contribution in [0.25, 0.3) is 11.5 Å². The van der Waals surface area contributed by atoms with Crippen molar-refractivity contribution in [1.29, 1.82) is 0 Å². The van der Waals surface area contributed by atoms with E-state index in [1.165, 1.54) is 38.0 Å². The molecule has 2 bridgehead atoms. The smallest absolute Gasteiger partial charge is 0.356 e. The number of esters is 1. The number of aromatic amines is 1. The zero-order chi connectivity index (χ0) is 18.1. The molecule has 1 amide bonds. The lowest BCUT2D eigenvalue weighted by molar-refractivity contribution is -0.125. The van der Waals surface area contributed by atoms with E-state index in [-0.39, 0.29) is 24.2 Å². The molecule has 2 N–H and O–H groups in total. The van der Waals surface area contributed by atoms with Crippen LogP contribution in [0.1, 0.15) is 43.1 Å². The second kappa shape index (κ2) is 6.97. The molecule has 0 radical (unpaired) electrons. The molecule has 2 saturated carbocycles. The summed E-state index contributed by atoms with van der Waals surface area (Å²) in [5.74, 6) is 1.81. The van der Waals surface area contributed by atoms with Crippen LogP contribution in [0.5, 0.6) is 0 Å². The highest BCUT2D eigenvalue weighted by atomic mass is 16.5. The number of rotatable bonds is 6. The molecule has 2 aromatic rings. The van der Waals surface area contributed by atoms with Crippen LogP contribution in [0.15, 0.2) is 28.9 Å². The van der Waals surface area contributed by atoms with E-state index in [1.807, 2.05) is 0 Å². The number of nitrogens with one attached hydrogen (secondary N) is 2. The third-order valence-corrected chi connectivity index (χ3v) is 5.73. The maximum atomic E-state index is 12.1. The summed E-state index contributed by atoms with van der Waals surface area (Å²) in [6.45, 7) is 1.76. The monoisotopic (exact) mass is 357 g/mol. The highest BCUT2D eigenvalue weighted by molar-refractivity contribution is 5.90. The third kappa shape index (κ3) is 3.38. The first-order valence-corrected chi connectivity index (χ1v) is 9.16. The van der Waals surface area contributed by atoms with E-state index in [0.717, 1.165) is 11.8 Å². The number of hydrogen-bond donors (Lipinski definition) is 2. The minimum Gasteiger partial charge on any atom is -0.463 e. The van der Waals surface area contributed by atoms with Gasteiger partial charge in [-0.3, -0.25) is 9.89 Å². The van der Waals surface area contributed by atoms with Crippen molar-refractivity contribution < 1.29 is 18.7 Å². The Hall–Kier alpha value is -2.57. The SMILES string of the molecule is C[C@@H](NC(=O)COC(=O)c1cc(-c2ccco2)n[nH]1)[C@H]1C[C@H]2CC[C@H]1C2. The van der Waals surface area contributed by atoms with Crippen molar-refractivity contribution in [2.45, 2.75) is 38.6 Å². The second-order valence-corrected chi connectivity index (χ2v) is 7.42. The third-order valence-electron chi connectivity index (χ3n) is 5.73. The molecular formula is C19H23N3O4. The molecule has 2 aromatic heterocycles. The molecule has 7 nitrogen and oxygen atoms in total. The largest absolute Gasteiger partial charge is 0.463 e. The normalized spacial score (nSPS) is 25.2. The van der Waals surface area contributed by atoms with Gasteiger partial charge in [-0.2, -0.15) is 5.10 Å². The van der Waals surface area contributed by atoms with Crippen LogP contribution >= 0.6 is 0 Å². The van der Waals surface area contributed by atoms with Crippen molar-refractivity contribution in [3.05, 3.63) is 30.2 Å². The fourth-order valence-corrected chi connectivity index (χ4v) is 4.49. The number of carbonyl (C=O) groups is 2. The number of hydrogen-bond acceptors (Lipinski definition) is 5. The first kappa shape index (κ1) is 16.9. The molecule has 0 spiro atoms. The molecule has 2 heterocycles. The number of nitrogens with zero attached hydrogens (tertiary/aromatic N) is 1. The predicted octanol–water partition coefficient (Wildman–Crippen LogP) is 2.77. The van der Waals surface area contributed by atoms with Gasteiger partial charge in [-0.1, -0.05) is 6.42 Å². The number of ether oxygens (including phenoxy) is 1. The van der Waals surface area contributed by atoms with Crippen molar-refractivity contribution in [2.24, 2.45) is 17.8 Å². The number of fused-ring (bicyclic) bond motifs is 2. The van der Waals surface area contributed by atoms with Gasteiger partial charge < -0.3 is 14.5 Å². The summed E-state index contributed by atoms with van der Waals surface area (Å²) in [6, 6.07) is 5.14.